The highest BCUT2D eigenvalue weighted by Gasteiger charge is 2.49. The van der Waals surface area contributed by atoms with E-state index in [0.29, 0.717) is 17.7 Å². The van der Waals surface area contributed by atoms with E-state index in [4.69, 9.17) is 0 Å². The molecule has 3 aromatic rings. The lowest BCUT2D eigenvalue weighted by Gasteiger charge is -2.40. The van der Waals surface area contributed by atoms with Crippen molar-refractivity contribution >= 4 is 23.1 Å². The standard InChI is InChI=1S/C25H28N4OS/c1-17-7-6-10-21(27-17)26-16-20-15-25(11-12-25)13-14-29(20)24(30)22-23(31-18(2)28-22)19-8-4-3-5-9-19/h3-10,20H,11-16H2,1-2H3,(H,26,27). The van der Waals surface area contributed by atoms with Crippen molar-refractivity contribution < 1.29 is 4.79 Å². The Morgan fingerprint density at radius 2 is 1.90 bits per heavy atom. The average molecular weight is 433 g/mol. The van der Waals surface area contributed by atoms with Crippen molar-refractivity contribution in [2.45, 2.75) is 45.6 Å². The predicted molar refractivity (Wildman–Crippen MR) is 125 cm³/mol. The second kappa shape index (κ2) is 8.08. The highest BCUT2D eigenvalue weighted by Crippen LogP contribution is 2.55. The molecule has 160 valence electrons. The summed E-state index contributed by atoms with van der Waals surface area (Å²) in [5.74, 6) is 0.931. The van der Waals surface area contributed by atoms with Gasteiger partial charge < -0.3 is 10.2 Å². The molecule has 2 fully saturated rings. The maximum absolute atomic E-state index is 13.7. The number of carbonyl (C=O) groups excluding carboxylic acids is 1. The molecule has 1 saturated carbocycles. The summed E-state index contributed by atoms with van der Waals surface area (Å²) in [5, 5.41) is 4.41. The zero-order valence-electron chi connectivity index (χ0n) is 18.1. The van der Waals surface area contributed by atoms with Crippen LogP contribution in [-0.2, 0) is 0 Å². The van der Waals surface area contributed by atoms with Crippen LogP contribution in [0.25, 0.3) is 10.4 Å². The minimum Gasteiger partial charge on any atom is -0.368 e. The van der Waals surface area contributed by atoms with Gasteiger partial charge in [0.2, 0.25) is 0 Å². The number of rotatable bonds is 5. The van der Waals surface area contributed by atoms with Crippen molar-refractivity contribution in [2.75, 3.05) is 18.4 Å². The van der Waals surface area contributed by atoms with Crippen LogP contribution < -0.4 is 5.32 Å². The van der Waals surface area contributed by atoms with Crippen LogP contribution in [0.4, 0.5) is 5.82 Å². The first-order valence-electron chi connectivity index (χ1n) is 11.0. The summed E-state index contributed by atoms with van der Waals surface area (Å²) in [6.07, 6.45) is 4.74. The van der Waals surface area contributed by atoms with Crippen LogP contribution in [0.1, 0.15) is 46.9 Å². The molecule has 0 bridgehead atoms. The Hall–Kier alpha value is -2.73. The molecule has 2 aromatic heterocycles. The summed E-state index contributed by atoms with van der Waals surface area (Å²) < 4.78 is 0. The van der Waals surface area contributed by atoms with Gasteiger partial charge in [-0.3, -0.25) is 4.79 Å². The largest absolute Gasteiger partial charge is 0.368 e. The van der Waals surface area contributed by atoms with Crippen molar-refractivity contribution in [3.05, 3.63) is 64.9 Å². The van der Waals surface area contributed by atoms with E-state index in [1.165, 1.54) is 12.8 Å². The van der Waals surface area contributed by atoms with Gasteiger partial charge in [0.1, 0.15) is 11.5 Å². The quantitative estimate of drug-likeness (QED) is 0.593. The van der Waals surface area contributed by atoms with E-state index in [2.05, 4.69) is 32.3 Å². The van der Waals surface area contributed by atoms with Gasteiger partial charge in [-0.25, -0.2) is 9.97 Å². The minimum absolute atomic E-state index is 0.0581. The van der Waals surface area contributed by atoms with E-state index in [1.807, 2.05) is 50.2 Å². The number of nitrogens with one attached hydrogen (secondary N) is 1. The Bertz CT molecular complexity index is 1090. The number of pyridine rings is 1. The van der Waals surface area contributed by atoms with Crippen LogP contribution in [0.15, 0.2) is 48.5 Å². The molecule has 0 radical (unpaired) electrons. The smallest absolute Gasteiger partial charge is 0.274 e. The van der Waals surface area contributed by atoms with Crippen molar-refractivity contribution in [3.63, 3.8) is 0 Å². The molecule has 2 aliphatic rings. The lowest BCUT2D eigenvalue weighted by Crippen LogP contribution is -2.50. The van der Waals surface area contributed by atoms with Gasteiger partial charge in [0.15, 0.2) is 0 Å². The van der Waals surface area contributed by atoms with Crippen molar-refractivity contribution in [2.24, 2.45) is 5.41 Å². The molecule has 1 aliphatic heterocycles. The van der Waals surface area contributed by atoms with Gasteiger partial charge in [-0.1, -0.05) is 36.4 Å². The molecule has 6 heteroatoms. The number of thiazole rings is 1. The van der Waals surface area contributed by atoms with Crippen LogP contribution in [0.5, 0.6) is 0 Å². The van der Waals surface area contributed by atoms with Gasteiger partial charge in [-0.05, 0) is 62.6 Å². The second-order valence-corrected chi connectivity index (χ2v) is 10.1. The van der Waals surface area contributed by atoms with Crippen molar-refractivity contribution in [3.8, 4) is 10.4 Å². The van der Waals surface area contributed by atoms with Gasteiger partial charge >= 0.3 is 0 Å². The monoisotopic (exact) mass is 432 g/mol. The first kappa shape index (κ1) is 20.2. The molecule has 5 rings (SSSR count). The third-order valence-corrected chi connectivity index (χ3v) is 7.61. The first-order chi connectivity index (χ1) is 15.0. The molecule has 1 aliphatic carbocycles. The van der Waals surface area contributed by atoms with Crippen LogP contribution >= 0.6 is 11.3 Å². The molecule has 1 amide bonds. The number of hydrogen-bond acceptors (Lipinski definition) is 5. The number of benzene rings is 1. The summed E-state index contributed by atoms with van der Waals surface area (Å²) in [5.41, 5.74) is 3.10. The van der Waals surface area contributed by atoms with Crippen molar-refractivity contribution in [1.29, 1.82) is 0 Å². The topological polar surface area (TPSA) is 58.1 Å². The SMILES string of the molecule is Cc1cccc(NCC2CC3(CCN2C(=O)c2nc(C)sc2-c2ccccc2)CC3)n1. The fraction of sp³-hybridized carbons (Fsp3) is 0.400. The van der Waals surface area contributed by atoms with E-state index in [1.54, 1.807) is 11.3 Å². The molecule has 5 nitrogen and oxygen atoms in total. The molecule has 1 saturated heterocycles. The maximum Gasteiger partial charge on any atom is 0.274 e. The number of hydrogen-bond donors (Lipinski definition) is 1. The molecule has 1 unspecified atom stereocenters. The maximum atomic E-state index is 13.7. The normalized spacial score (nSPS) is 19.4. The van der Waals surface area contributed by atoms with Gasteiger partial charge in [0, 0.05) is 24.8 Å². The fourth-order valence-corrected chi connectivity index (χ4v) is 5.61. The van der Waals surface area contributed by atoms with Crippen LogP contribution in [0, 0.1) is 19.3 Å². The highest BCUT2D eigenvalue weighted by molar-refractivity contribution is 7.15. The Morgan fingerprint density at radius 1 is 1.10 bits per heavy atom. The number of amides is 1. The van der Waals surface area contributed by atoms with Crippen LogP contribution in [0.3, 0.4) is 0 Å². The zero-order valence-corrected chi connectivity index (χ0v) is 18.9. The number of nitrogens with zero attached hydrogens (tertiary/aromatic N) is 3. The van der Waals surface area contributed by atoms with Gasteiger partial charge in [0.25, 0.3) is 5.91 Å². The summed E-state index contributed by atoms with van der Waals surface area (Å²) in [6, 6.07) is 16.3. The highest BCUT2D eigenvalue weighted by atomic mass is 32.1. The van der Waals surface area contributed by atoms with E-state index < -0.39 is 0 Å². The Kier molecular flexibility index (Phi) is 5.26. The molecule has 1 atom stereocenters. The fourth-order valence-electron chi connectivity index (χ4n) is 4.69. The second-order valence-electron chi connectivity index (χ2n) is 8.93. The third-order valence-electron chi connectivity index (χ3n) is 6.59. The van der Waals surface area contributed by atoms with Gasteiger partial charge in [0.05, 0.1) is 9.88 Å². The molecular formula is C25H28N4OS. The molecule has 1 aromatic carbocycles. The van der Waals surface area contributed by atoms with Gasteiger partial charge in [-0.15, -0.1) is 11.3 Å². The zero-order chi connectivity index (χ0) is 21.4. The van der Waals surface area contributed by atoms with E-state index >= 15 is 0 Å². The van der Waals surface area contributed by atoms with E-state index in [9.17, 15) is 4.79 Å². The van der Waals surface area contributed by atoms with Crippen LogP contribution in [-0.4, -0.2) is 39.9 Å². The van der Waals surface area contributed by atoms with E-state index in [0.717, 1.165) is 46.3 Å². The summed E-state index contributed by atoms with van der Waals surface area (Å²) in [4.78, 5) is 26.0. The lowest BCUT2D eigenvalue weighted by atomic mass is 9.87. The molecular weight excluding hydrogens is 404 g/mol. The number of piperidine rings is 1. The number of anilines is 1. The Labute approximate surface area is 187 Å². The number of likely N-dealkylation sites (tertiary alicyclic amines) is 1. The first-order valence-corrected chi connectivity index (χ1v) is 11.9. The lowest BCUT2D eigenvalue weighted by molar-refractivity contribution is 0.0541. The third kappa shape index (κ3) is 4.22. The summed E-state index contributed by atoms with van der Waals surface area (Å²) in [6.45, 7) is 5.49. The number of carbonyl (C=O) groups is 1. The Balaban J connectivity index is 1.40. The average Bonchev–Trinajstić information content (AvgIpc) is 3.41. The van der Waals surface area contributed by atoms with Gasteiger partial charge in [-0.2, -0.15) is 0 Å². The number of aromatic nitrogens is 2. The molecule has 1 N–H and O–H groups in total. The summed E-state index contributed by atoms with van der Waals surface area (Å²) >= 11 is 1.60. The summed E-state index contributed by atoms with van der Waals surface area (Å²) in [7, 11) is 0. The van der Waals surface area contributed by atoms with E-state index in [-0.39, 0.29) is 11.9 Å². The number of aryl methyl sites for hydroxylation is 2. The minimum atomic E-state index is 0.0581. The Morgan fingerprint density at radius 3 is 2.65 bits per heavy atom. The van der Waals surface area contributed by atoms with Crippen LogP contribution in [0.2, 0.25) is 0 Å². The molecule has 3 heterocycles. The molecule has 1 spiro atoms. The predicted octanol–water partition coefficient (Wildman–Crippen LogP) is 5.32. The molecule has 31 heavy (non-hydrogen) atoms. The van der Waals surface area contributed by atoms with Crippen molar-refractivity contribution in [1.82, 2.24) is 14.9 Å².